The molecule has 1 saturated carbocycles. The van der Waals surface area contributed by atoms with Gasteiger partial charge in [-0.05, 0) is 48.9 Å². The Morgan fingerprint density at radius 1 is 0.800 bits per heavy atom. The van der Waals surface area contributed by atoms with Crippen LogP contribution >= 0.6 is 0 Å². The highest BCUT2D eigenvalue weighted by atomic mass is 19.2. The fourth-order valence-electron chi connectivity index (χ4n) is 4.74. The first-order valence-electron chi connectivity index (χ1n) is 13.1. The molecular formula is C29H37F3O3. The van der Waals surface area contributed by atoms with Gasteiger partial charge >= 0.3 is 5.97 Å². The Balaban J connectivity index is 1.34. The van der Waals surface area contributed by atoms with Crippen LogP contribution < -0.4 is 9.47 Å². The van der Waals surface area contributed by atoms with Crippen LogP contribution in [-0.4, -0.2) is 12.6 Å². The molecule has 1 aliphatic carbocycles. The Morgan fingerprint density at radius 2 is 1.37 bits per heavy atom. The molecule has 1 aliphatic rings. The molecular weight excluding hydrogens is 453 g/mol. The summed E-state index contributed by atoms with van der Waals surface area (Å²) >= 11 is 0. The summed E-state index contributed by atoms with van der Waals surface area (Å²) in [7, 11) is 0. The van der Waals surface area contributed by atoms with Gasteiger partial charge in [-0.1, -0.05) is 71.1 Å². The Hall–Kier alpha value is -2.50. The van der Waals surface area contributed by atoms with E-state index in [4.69, 9.17) is 9.47 Å². The van der Waals surface area contributed by atoms with E-state index in [0.29, 0.717) is 30.4 Å². The molecule has 3 nitrogen and oxygen atoms in total. The molecule has 2 aromatic carbocycles. The van der Waals surface area contributed by atoms with Gasteiger partial charge in [-0.2, -0.15) is 0 Å². The van der Waals surface area contributed by atoms with Crippen molar-refractivity contribution >= 4 is 5.97 Å². The van der Waals surface area contributed by atoms with Crippen molar-refractivity contribution in [3.05, 3.63) is 59.4 Å². The zero-order valence-electron chi connectivity index (χ0n) is 20.7. The molecule has 3 rings (SSSR count). The van der Waals surface area contributed by atoms with Crippen LogP contribution in [0, 0.1) is 29.3 Å². The van der Waals surface area contributed by atoms with E-state index in [1.165, 1.54) is 89.2 Å². The topological polar surface area (TPSA) is 35.5 Å². The maximum Gasteiger partial charge on any atom is 0.343 e. The van der Waals surface area contributed by atoms with Crippen LogP contribution in [-0.2, 0) is 0 Å². The monoisotopic (exact) mass is 490 g/mol. The summed E-state index contributed by atoms with van der Waals surface area (Å²) in [6.45, 7) is 2.91. The van der Waals surface area contributed by atoms with E-state index < -0.39 is 29.2 Å². The van der Waals surface area contributed by atoms with E-state index in [2.05, 4.69) is 6.92 Å². The summed E-state index contributed by atoms with van der Waals surface area (Å²) in [4.78, 5) is 12.2. The van der Waals surface area contributed by atoms with Gasteiger partial charge in [0.25, 0.3) is 0 Å². The van der Waals surface area contributed by atoms with Crippen molar-refractivity contribution in [3.8, 4) is 11.5 Å². The molecule has 0 aliphatic heterocycles. The van der Waals surface area contributed by atoms with Crippen molar-refractivity contribution in [1.29, 1.82) is 0 Å². The van der Waals surface area contributed by atoms with Crippen molar-refractivity contribution in [1.82, 2.24) is 0 Å². The lowest BCUT2D eigenvalue weighted by Gasteiger charge is -2.28. The Morgan fingerprint density at radius 3 is 2.00 bits per heavy atom. The lowest BCUT2D eigenvalue weighted by Crippen LogP contribution is -2.20. The maximum absolute atomic E-state index is 13.3. The number of halogens is 3. The molecule has 0 bridgehead atoms. The molecule has 0 radical (unpaired) electrons. The minimum Gasteiger partial charge on any atom is -0.493 e. The number of carbonyl (C=O) groups is 1. The van der Waals surface area contributed by atoms with Crippen molar-refractivity contribution in [2.24, 2.45) is 11.8 Å². The van der Waals surface area contributed by atoms with E-state index in [-0.39, 0.29) is 5.56 Å². The molecule has 0 amide bonds. The van der Waals surface area contributed by atoms with E-state index in [1.54, 1.807) is 12.1 Å². The van der Waals surface area contributed by atoms with Crippen LogP contribution in [0.2, 0.25) is 0 Å². The first-order chi connectivity index (χ1) is 17.0. The van der Waals surface area contributed by atoms with Crippen molar-refractivity contribution < 1.29 is 27.4 Å². The van der Waals surface area contributed by atoms with Gasteiger partial charge in [0.05, 0.1) is 12.2 Å². The summed E-state index contributed by atoms with van der Waals surface area (Å²) in [5.74, 6) is -3.55. The molecule has 0 spiro atoms. The normalized spacial score (nSPS) is 17.8. The predicted octanol–water partition coefficient (Wildman–Crippen LogP) is 8.65. The van der Waals surface area contributed by atoms with Crippen LogP contribution in [0.15, 0.2) is 36.4 Å². The van der Waals surface area contributed by atoms with Gasteiger partial charge in [-0.25, -0.2) is 18.0 Å². The zero-order chi connectivity index (χ0) is 25.0. The molecule has 35 heavy (non-hydrogen) atoms. The quantitative estimate of drug-likeness (QED) is 0.122. The molecule has 0 N–H and O–H groups in total. The van der Waals surface area contributed by atoms with E-state index >= 15 is 0 Å². The third kappa shape index (κ3) is 8.90. The van der Waals surface area contributed by atoms with Crippen molar-refractivity contribution in [3.63, 3.8) is 0 Å². The van der Waals surface area contributed by atoms with Gasteiger partial charge in [0.1, 0.15) is 11.5 Å². The average molecular weight is 491 g/mol. The highest BCUT2D eigenvalue weighted by Crippen LogP contribution is 2.32. The molecule has 1 fully saturated rings. The molecule has 2 aromatic rings. The second-order valence-electron chi connectivity index (χ2n) is 9.72. The molecule has 0 unspecified atom stereocenters. The summed E-state index contributed by atoms with van der Waals surface area (Å²) < 4.78 is 50.5. The largest absolute Gasteiger partial charge is 0.493 e. The van der Waals surface area contributed by atoms with Gasteiger partial charge < -0.3 is 9.47 Å². The second kappa shape index (κ2) is 14.2. The lowest BCUT2D eigenvalue weighted by atomic mass is 9.80. The zero-order valence-corrected chi connectivity index (χ0v) is 20.7. The Labute approximate surface area is 207 Å². The van der Waals surface area contributed by atoms with E-state index in [1.807, 2.05) is 0 Å². The molecule has 0 aromatic heterocycles. The summed E-state index contributed by atoms with van der Waals surface area (Å²) in [6.07, 6.45) is 15.8. The molecule has 0 saturated heterocycles. The van der Waals surface area contributed by atoms with E-state index in [0.717, 1.165) is 5.92 Å². The number of carbonyl (C=O) groups excluding carboxylic acids is 1. The van der Waals surface area contributed by atoms with Crippen LogP contribution in [0.5, 0.6) is 11.5 Å². The number of benzene rings is 2. The molecule has 6 heteroatoms. The highest BCUT2D eigenvalue weighted by Gasteiger charge is 2.21. The van der Waals surface area contributed by atoms with Gasteiger partial charge in [-0.15, -0.1) is 0 Å². The first kappa shape index (κ1) is 27.1. The van der Waals surface area contributed by atoms with Crippen molar-refractivity contribution in [2.45, 2.75) is 84.0 Å². The third-order valence-corrected chi connectivity index (χ3v) is 6.93. The maximum atomic E-state index is 13.3. The van der Waals surface area contributed by atoms with Crippen molar-refractivity contribution in [2.75, 3.05) is 6.61 Å². The smallest absolute Gasteiger partial charge is 0.343 e. The fourth-order valence-corrected chi connectivity index (χ4v) is 4.74. The standard InChI is InChI=1S/C29H37F3O3/c1-2-3-4-5-6-7-8-9-21-10-12-22(13-11-21)20-34-24-16-14-23(15-17-24)29(33)35-25-18-26(30)28(32)27(31)19-25/h14-19,21-22H,2-13,20H2,1H3. The molecule has 0 heterocycles. The number of hydrogen-bond acceptors (Lipinski definition) is 3. The predicted molar refractivity (Wildman–Crippen MR) is 131 cm³/mol. The average Bonchev–Trinajstić information content (AvgIpc) is 2.86. The summed E-state index contributed by atoms with van der Waals surface area (Å²) in [5.41, 5.74) is 0.202. The summed E-state index contributed by atoms with van der Waals surface area (Å²) in [5, 5.41) is 0. The number of ether oxygens (including phenoxy) is 2. The second-order valence-corrected chi connectivity index (χ2v) is 9.72. The Bertz CT molecular complexity index is 898. The van der Waals surface area contributed by atoms with Crippen LogP contribution in [0.4, 0.5) is 13.2 Å². The van der Waals surface area contributed by atoms with Gasteiger partial charge in [0.15, 0.2) is 17.5 Å². The SMILES string of the molecule is CCCCCCCCCC1CCC(COc2ccc(C(=O)Oc3cc(F)c(F)c(F)c3)cc2)CC1. The lowest BCUT2D eigenvalue weighted by molar-refractivity contribution is 0.0733. The van der Waals surface area contributed by atoms with Gasteiger partial charge in [0.2, 0.25) is 0 Å². The molecule has 0 atom stereocenters. The minimum absolute atomic E-state index is 0.202. The fraction of sp³-hybridized carbons (Fsp3) is 0.552. The minimum atomic E-state index is -1.60. The van der Waals surface area contributed by atoms with Gasteiger partial charge in [-0.3, -0.25) is 0 Å². The number of hydrogen-bond donors (Lipinski definition) is 0. The number of esters is 1. The number of rotatable bonds is 13. The van der Waals surface area contributed by atoms with Crippen LogP contribution in [0.1, 0.15) is 94.3 Å². The highest BCUT2D eigenvalue weighted by molar-refractivity contribution is 5.91. The van der Waals surface area contributed by atoms with E-state index in [9.17, 15) is 18.0 Å². The first-order valence-corrected chi connectivity index (χ1v) is 13.1. The molecule has 192 valence electrons. The van der Waals surface area contributed by atoms with Crippen LogP contribution in [0.3, 0.4) is 0 Å². The van der Waals surface area contributed by atoms with Gasteiger partial charge in [0, 0.05) is 12.1 Å². The Kier molecular flexibility index (Phi) is 11.0. The summed E-state index contributed by atoms with van der Waals surface area (Å²) in [6, 6.07) is 7.69. The number of unbranched alkanes of at least 4 members (excludes halogenated alkanes) is 6. The van der Waals surface area contributed by atoms with Crippen LogP contribution in [0.25, 0.3) is 0 Å². The third-order valence-electron chi connectivity index (χ3n) is 6.93.